The molecule has 0 radical (unpaired) electrons. The van der Waals surface area contributed by atoms with Gasteiger partial charge in [-0.3, -0.25) is 0 Å². The molecule has 0 spiro atoms. The molecule has 82 heavy (non-hydrogen) atoms. The number of thioether (sulfide) groups is 17. The highest BCUT2D eigenvalue weighted by Gasteiger charge is 2.32. The van der Waals surface area contributed by atoms with E-state index in [9.17, 15) is 0 Å². The van der Waals surface area contributed by atoms with E-state index >= 15 is 0 Å². The Hall–Kier alpha value is 7.97. The maximum Gasteiger partial charge on any atom is 0.0683 e. The van der Waals surface area contributed by atoms with Gasteiger partial charge in [-0.25, -0.2) is 0 Å². The van der Waals surface area contributed by atoms with E-state index in [1.807, 2.05) is 58.8 Å². The minimum absolute atomic E-state index is 0.0419. The molecular weight excluding hydrogens is 1450 g/mol. The number of hydrogen-bond donors (Lipinski definition) is 6. The molecule has 0 atom stereocenters. The first-order valence-electron chi connectivity index (χ1n) is 30.3. The lowest BCUT2D eigenvalue weighted by atomic mass is 9.87. The van der Waals surface area contributed by atoms with Crippen LogP contribution in [0, 0.1) is 0 Å². The zero-order chi connectivity index (χ0) is 59.3. The van der Waals surface area contributed by atoms with Crippen LogP contribution in [-0.4, -0.2) is 255 Å². The molecule has 0 rings (SSSR count). The van der Waals surface area contributed by atoms with Gasteiger partial charge in [-0.05, 0) is 153 Å². The molecule has 0 aromatic heterocycles. The summed E-state index contributed by atoms with van der Waals surface area (Å²) in [6.45, 7) is 1.63. The van der Waals surface area contributed by atoms with Gasteiger partial charge in [-0.2, -0.15) is 276 Å². The smallest absolute Gasteiger partial charge is 0.0683 e. The third kappa shape index (κ3) is 67.9. The Morgan fingerprint density at radius 3 is 0.451 bits per heavy atom. The topological polar surface area (TPSA) is 18.5 Å². The van der Waals surface area contributed by atoms with Crippen molar-refractivity contribution in [1.29, 1.82) is 0 Å². The minimum atomic E-state index is -0.0421. The Bertz CT molecular complexity index is 1090. The largest absolute Gasteiger partial charge is 0.375 e. The van der Waals surface area contributed by atoms with E-state index < -0.39 is 0 Å². The van der Waals surface area contributed by atoms with Gasteiger partial charge >= 0.3 is 0 Å². The first-order valence-corrected chi connectivity index (χ1v) is 53.7. The average Bonchev–Trinajstić information content (AvgIpc) is 3.48. The van der Waals surface area contributed by atoms with Crippen molar-refractivity contribution in [2.75, 3.05) is 243 Å². The second kappa shape index (κ2) is 78.0. The average molecular weight is 1570 g/mol. The number of thiol groups is 6. The van der Waals surface area contributed by atoms with Gasteiger partial charge in [0.15, 0.2) is 0 Å². The summed E-state index contributed by atoms with van der Waals surface area (Å²) in [5.41, 5.74) is -0.0839. The van der Waals surface area contributed by atoms with Crippen molar-refractivity contribution in [1.82, 2.24) is 0 Å². The monoisotopic (exact) mass is 1570 g/mol. The van der Waals surface area contributed by atoms with Gasteiger partial charge in [0, 0.05) is 174 Å². The molecule has 494 valence electrons. The quantitative estimate of drug-likeness (QED) is 0.0256. The van der Waals surface area contributed by atoms with Gasteiger partial charge < -0.3 is 9.47 Å². The Balaban J connectivity index is 6.15. The van der Waals surface area contributed by atoms with Crippen LogP contribution in [0.5, 0.6) is 0 Å². The fourth-order valence-corrected chi connectivity index (χ4v) is 27.2. The lowest BCUT2D eigenvalue weighted by Crippen LogP contribution is -2.36. The van der Waals surface area contributed by atoms with Crippen LogP contribution >= 0.6 is 276 Å². The molecule has 0 aliphatic carbocycles. The molecule has 0 saturated heterocycles. The highest BCUT2D eigenvalue weighted by atomic mass is 32.2. The van der Waals surface area contributed by atoms with Crippen LogP contribution in [0.2, 0.25) is 0 Å². The SMILES string of the molecule is SCCSCCSCCCC(CCCSCCSCCSCCS)(CCCSCCSCCSCCS)OCCCOC(CCCSCCSCCSCCS)(CCCSCCSCCSCCS)CCCSCCSCCSCCS. The van der Waals surface area contributed by atoms with E-state index in [4.69, 9.17) is 9.47 Å². The van der Waals surface area contributed by atoms with E-state index in [1.165, 1.54) is 267 Å². The van der Waals surface area contributed by atoms with Gasteiger partial charge in [0.25, 0.3) is 0 Å². The van der Waals surface area contributed by atoms with Gasteiger partial charge in [-0.15, -0.1) is 0 Å². The summed E-state index contributed by atoms with van der Waals surface area (Å²) in [6, 6.07) is 0. The molecule has 0 N–H and O–H groups in total. The first-order chi connectivity index (χ1) is 40.6. The Morgan fingerprint density at radius 2 is 0.305 bits per heavy atom. The summed E-state index contributed by atoms with van der Waals surface area (Å²) >= 11 is 62.4. The van der Waals surface area contributed by atoms with Crippen LogP contribution < -0.4 is 0 Å². The summed E-state index contributed by atoms with van der Waals surface area (Å²) in [5, 5.41) is 0. The van der Waals surface area contributed by atoms with Crippen LogP contribution in [0.15, 0.2) is 0 Å². The molecule has 0 aromatic rings. The van der Waals surface area contributed by atoms with Crippen LogP contribution in [-0.2, 0) is 9.47 Å². The highest BCUT2D eigenvalue weighted by Crippen LogP contribution is 2.35. The molecule has 0 aliphatic heterocycles. The van der Waals surface area contributed by atoms with Gasteiger partial charge in [0.05, 0.1) is 11.2 Å². The van der Waals surface area contributed by atoms with Gasteiger partial charge in [0.2, 0.25) is 0 Å². The zero-order valence-corrected chi connectivity index (χ0v) is 69.6. The Labute approximate surface area is 614 Å². The number of ether oxygens (including phenoxy) is 2. The Kier molecular flexibility index (Phi) is 85.5. The van der Waals surface area contributed by atoms with E-state index in [2.05, 4.69) is 217 Å². The predicted molar refractivity (Wildman–Crippen MR) is 455 cm³/mol. The third-order valence-corrected chi connectivity index (χ3v) is 35.4. The molecule has 2 nitrogen and oxygen atoms in total. The van der Waals surface area contributed by atoms with Crippen LogP contribution in [0.4, 0.5) is 0 Å². The predicted octanol–water partition coefficient (Wildman–Crippen LogP) is 19.6. The molecule has 0 aliphatic rings. The van der Waals surface area contributed by atoms with Gasteiger partial charge in [-0.1, -0.05) is 0 Å². The number of hydrogen-bond acceptors (Lipinski definition) is 25. The van der Waals surface area contributed by atoms with Crippen LogP contribution in [0.25, 0.3) is 0 Å². The van der Waals surface area contributed by atoms with E-state index in [-0.39, 0.29) is 11.2 Å². The third-order valence-electron chi connectivity index (χ3n) is 12.1. The normalized spacial score (nSPS) is 12.2. The maximum absolute atomic E-state index is 7.45. The molecule has 0 heterocycles. The van der Waals surface area contributed by atoms with Crippen molar-refractivity contribution in [2.45, 2.75) is 94.7 Å². The van der Waals surface area contributed by atoms with Crippen molar-refractivity contribution < 1.29 is 9.47 Å². The van der Waals surface area contributed by atoms with Crippen molar-refractivity contribution >= 4 is 276 Å². The van der Waals surface area contributed by atoms with Crippen molar-refractivity contribution in [2.24, 2.45) is 0 Å². The zero-order valence-electron chi connectivity index (χ0n) is 50.3. The van der Waals surface area contributed by atoms with Crippen molar-refractivity contribution in [3.8, 4) is 0 Å². The summed E-state index contributed by atoms with van der Waals surface area (Å²) in [5.74, 6) is 48.1. The van der Waals surface area contributed by atoms with Crippen molar-refractivity contribution in [3.63, 3.8) is 0 Å². The summed E-state index contributed by atoms with van der Waals surface area (Å²) in [6.07, 6.45) is 15.6. The molecule has 25 heteroatoms. The first kappa shape index (κ1) is 90.0. The van der Waals surface area contributed by atoms with E-state index in [1.54, 1.807) is 0 Å². The highest BCUT2D eigenvalue weighted by molar-refractivity contribution is 8.07. The lowest BCUT2D eigenvalue weighted by molar-refractivity contribution is -0.0937. The molecule has 0 unspecified atom stereocenters. The fourth-order valence-electron chi connectivity index (χ4n) is 8.22. The second-order valence-corrected chi connectivity index (χ2v) is 42.3. The molecule has 0 fully saturated rings. The number of rotatable bonds is 75. The molecule has 0 amide bonds. The molecule has 0 aromatic carbocycles. The molecule has 0 bridgehead atoms. The molecule has 0 saturated carbocycles. The van der Waals surface area contributed by atoms with E-state index in [0.717, 1.165) is 59.9 Å². The van der Waals surface area contributed by atoms with Gasteiger partial charge in [0.1, 0.15) is 0 Å². The minimum Gasteiger partial charge on any atom is -0.375 e. The summed E-state index contributed by atoms with van der Waals surface area (Å²) in [4.78, 5) is 0. The fraction of sp³-hybridized carbons (Fsp3) is 1.00. The van der Waals surface area contributed by atoms with Crippen molar-refractivity contribution in [3.05, 3.63) is 0 Å². The summed E-state index contributed by atoms with van der Waals surface area (Å²) < 4.78 is 14.9. The standard InChI is InChI=1S/C57H116O2S23/c60-16-28-72-40-34-66-22-1-8-56(9-2-23-67-35-46-78-51-41-73-29-17-61,10-3-24-68-36-47-79-52-42-74-30-18-62)58-14-7-15-59-57(11-4-25-69-37-48-80-53-43-75-31-19-63,12-5-26-70-38-49-81-54-44-76-32-20-64)13-6-27-71-39-50-82-55-45-77-33-21-65/h60-65H,1-55H2. The van der Waals surface area contributed by atoms with Crippen LogP contribution in [0.1, 0.15) is 83.5 Å². The second-order valence-electron chi connectivity index (χ2n) is 18.8. The Morgan fingerprint density at radius 1 is 0.171 bits per heavy atom. The summed E-state index contributed by atoms with van der Waals surface area (Å²) in [7, 11) is 0. The lowest BCUT2D eigenvalue weighted by Gasteiger charge is -2.36. The maximum atomic E-state index is 7.45. The van der Waals surface area contributed by atoms with Crippen LogP contribution in [0.3, 0.4) is 0 Å². The molecular formula is C57H116O2S23. The van der Waals surface area contributed by atoms with E-state index in [0.29, 0.717) is 0 Å².